The zero-order chi connectivity index (χ0) is 16.8. The summed E-state index contributed by atoms with van der Waals surface area (Å²) in [4.78, 5) is 11.4. The highest BCUT2D eigenvalue weighted by Gasteiger charge is 2.13. The van der Waals surface area contributed by atoms with E-state index in [4.69, 9.17) is 14.2 Å². The van der Waals surface area contributed by atoms with Crippen molar-refractivity contribution in [3.05, 3.63) is 47.5 Å². The van der Waals surface area contributed by atoms with Crippen LogP contribution in [0.4, 0.5) is 4.79 Å². The molecule has 0 heterocycles. The monoisotopic (exact) mass is 318 g/mol. The summed E-state index contributed by atoms with van der Waals surface area (Å²) < 4.78 is 19.9. The van der Waals surface area contributed by atoms with Crippen LogP contribution in [0.5, 0.6) is 23.0 Å². The third-order valence-electron chi connectivity index (χ3n) is 3.31. The number of aromatic hydroxyl groups is 1. The van der Waals surface area contributed by atoms with Gasteiger partial charge in [-0.25, -0.2) is 4.79 Å². The molecule has 6 heteroatoms. The van der Waals surface area contributed by atoms with Crippen LogP contribution >= 0.6 is 0 Å². The fourth-order valence-corrected chi connectivity index (χ4v) is 2.06. The van der Waals surface area contributed by atoms with E-state index in [1.807, 2.05) is 0 Å². The number of ether oxygens (including phenoxy) is 4. The molecule has 0 bridgehead atoms. The summed E-state index contributed by atoms with van der Waals surface area (Å²) in [5, 5.41) is 10.1. The smallest absolute Gasteiger partial charge is 0.508 e. The van der Waals surface area contributed by atoms with Crippen LogP contribution in [0.15, 0.2) is 36.4 Å². The highest BCUT2D eigenvalue weighted by atomic mass is 16.7. The summed E-state index contributed by atoms with van der Waals surface area (Å²) in [6.07, 6.45) is -0.454. The van der Waals surface area contributed by atoms with Gasteiger partial charge in [0.15, 0.2) is 0 Å². The second-order valence-corrected chi connectivity index (χ2v) is 4.70. The molecule has 2 aromatic carbocycles. The molecule has 0 spiro atoms. The third-order valence-corrected chi connectivity index (χ3v) is 3.31. The van der Waals surface area contributed by atoms with E-state index in [9.17, 15) is 9.90 Å². The van der Waals surface area contributed by atoms with E-state index in [1.165, 1.54) is 27.4 Å². The van der Waals surface area contributed by atoms with Crippen LogP contribution in [0.3, 0.4) is 0 Å². The number of carbonyl (C=O) groups is 1. The van der Waals surface area contributed by atoms with Gasteiger partial charge in [0.25, 0.3) is 0 Å². The fourth-order valence-electron chi connectivity index (χ4n) is 2.06. The molecule has 0 amide bonds. The molecule has 0 radical (unpaired) electrons. The van der Waals surface area contributed by atoms with Crippen LogP contribution in [-0.2, 0) is 11.2 Å². The summed E-state index contributed by atoms with van der Waals surface area (Å²) in [6.45, 7) is 0. The lowest BCUT2D eigenvalue weighted by Crippen LogP contribution is -2.09. The Morgan fingerprint density at radius 1 is 0.957 bits per heavy atom. The number of rotatable bonds is 5. The molecule has 1 N–H and O–H groups in total. The molecular weight excluding hydrogens is 300 g/mol. The predicted octanol–water partition coefficient (Wildman–Crippen LogP) is 3.15. The topological polar surface area (TPSA) is 74.2 Å². The molecule has 2 aromatic rings. The standard InChI is InChI=1S/C17H18O6/c1-20-13-6-4-11(15(18)9-13)8-12-5-7-14(21-2)10-16(12)23-17(19)22-3/h4-7,9-10,18H,8H2,1-3H3. The lowest BCUT2D eigenvalue weighted by atomic mass is 10.0. The largest absolute Gasteiger partial charge is 0.513 e. The van der Waals surface area contributed by atoms with Crippen LogP contribution in [0.1, 0.15) is 11.1 Å². The van der Waals surface area contributed by atoms with Gasteiger partial charge in [-0.2, -0.15) is 0 Å². The van der Waals surface area contributed by atoms with Gasteiger partial charge < -0.3 is 24.1 Å². The summed E-state index contributed by atoms with van der Waals surface area (Å²) in [5.74, 6) is 1.52. The van der Waals surface area contributed by atoms with Crippen LogP contribution in [-0.4, -0.2) is 32.6 Å². The molecule has 0 aliphatic heterocycles. The molecule has 122 valence electrons. The number of carbonyl (C=O) groups excluding carboxylic acids is 1. The van der Waals surface area contributed by atoms with Gasteiger partial charge in [0.1, 0.15) is 23.0 Å². The van der Waals surface area contributed by atoms with Crippen molar-refractivity contribution < 1.29 is 28.8 Å². The first-order chi connectivity index (χ1) is 11.1. The maximum atomic E-state index is 11.4. The van der Waals surface area contributed by atoms with Crippen molar-refractivity contribution in [1.82, 2.24) is 0 Å². The van der Waals surface area contributed by atoms with E-state index in [1.54, 1.807) is 30.3 Å². The molecule has 0 fully saturated rings. The van der Waals surface area contributed by atoms with Crippen LogP contribution in [0, 0.1) is 0 Å². The van der Waals surface area contributed by atoms with Crippen molar-refractivity contribution in [3.8, 4) is 23.0 Å². The Hall–Kier alpha value is -2.89. The molecule has 0 atom stereocenters. The Morgan fingerprint density at radius 2 is 1.57 bits per heavy atom. The molecule has 0 saturated carbocycles. The molecule has 0 aromatic heterocycles. The van der Waals surface area contributed by atoms with Gasteiger partial charge in [0.05, 0.1) is 21.3 Å². The van der Waals surface area contributed by atoms with Crippen molar-refractivity contribution in [2.45, 2.75) is 6.42 Å². The van der Waals surface area contributed by atoms with Crippen LogP contribution in [0.2, 0.25) is 0 Å². The number of methoxy groups -OCH3 is 3. The number of phenolic OH excluding ortho intramolecular Hbond substituents is 1. The van der Waals surface area contributed by atoms with E-state index in [2.05, 4.69) is 4.74 Å². The Bertz CT molecular complexity index is 695. The first-order valence-electron chi connectivity index (χ1n) is 6.86. The molecule has 23 heavy (non-hydrogen) atoms. The van der Waals surface area contributed by atoms with E-state index < -0.39 is 6.16 Å². The van der Waals surface area contributed by atoms with Crippen molar-refractivity contribution in [2.24, 2.45) is 0 Å². The Kier molecular flexibility index (Phi) is 5.30. The van der Waals surface area contributed by atoms with Gasteiger partial charge >= 0.3 is 6.16 Å². The average molecular weight is 318 g/mol. The third kappa shape index (κ3) is 4.06. The minimum atomic E-state index is -0.821. The van der Waals surface area contributed by atoms with Crippen LogP contribution < -0.4 is 14.2 Å². The Labute approximate surface area is 134 Å². The van der Waals surface area contributed by atoms with Crippen molar-refractivity contribution in [3.63, 3.8) is 0 Å². The molecule has 6 nitrogen and oxygen atoms in total. The van der Waals surface area contributed by atoms with E-state index >= 15 is 0 Å². The maximum absolute atomic E-state index is 11.4. The Morgan fingerprint density at radius 3 is 2.13 bits per heavy atom. The first kappa shape index (κ1) is 16.5. The molecule has 0 saturated heterocycles. The lowest BCUT2D eigenvalue weighted by Gasteiger charge is -2.12. The second-order valence-electron chi connectivity index (χ2n) is 4.70. The molecule has 0 unspecified atom stereocenters. The highest BCUT2D eigenvalue weighted by Crippen LogP contribution is 2.31. The minimum Gasteiger partial charge on any atom is -0.508 e. The summed E-state index contributed by atoms with van der Waals surface area (Å²) in [5.41, 5.74) is 1.38. The predicted molar refractivity (Wildman–Crippen MR) is 83.5 cm³/mol. The van der Waals surface area contributed by atoms with E-state index in [0.29, 0.717) is 34.8 Å². The Balaban J connectivity index is 2.32. The first-order valence-corrected chi connectivity index (χ1v) is 6.86. The number of hydrogen-bond acceptors (Lipinski definition) is 6. The maximum Gasteiger partial charge on any atom is 0.513 e. The number of phenols is 1. The van der Waals surface area contributed by atoms with Crippen molar-refractivity contribution >= 4 is 6.16 Å². The van der Waals surface area contributed by atoms with Gasteiger partial charge in [-0.3, -0.25) is 0 Å². The van der Waals surface area contributed by atoms with Gasteiger partial charge in [-0.15, -0.1) is 0 Å². The zero-order valence-corrected chi connectivity index (χ0v) is 13.2. The highest BCUT2D eigenvalue weighted by molar-refractivity contribution is 5.65. The number of hydrogen-bond donors (Lipinski definition) is 1. The van der Waals surface area contributed by atoms with Gasteiger partial charge in [0.2, 0.25) is 0 Å². The van der Waals surface area contributed by atoms with Crippen LogP contribution in [0.25, 0.3) is 0 Å². The molecular formula is C17H18O6. The summed E-state index contributed by atoms with van der Waals surface area (Å²) >= 11 is 0. The summed E-state index contributed by atoms with van der Waals surface area (Å²) in [6, 6.07) is 10.1. The quantitative estimate of drug-likeness (QED) is 0.674. The molecule has 0 aliphatic rings. The van der Waals surface area contributed by atoms with Crippen molar-refractivity contribution in [1.29, 1.82) is 0 Å². The van der Waals surface area contributed by atoms with Gasteiger partial charge in [-0.05, 0) is 23.3 Å². The summed E-state index contributed by atoms with van der Waals surface area (Å²) in [7, 11) is 4.28. The fraction of sp³-hybridized carbons (Fsp3) is 0.235. The van der Waals surface area contributed by atoms with E-state index in [0.717, 1.165) is 0 Å². The van der Waals surface area contributed by atoms with Crippen molar-refractivity contribution in [2.75, 3.05) is 21.3 Å². The lowest BCUT2D eigenvalue weighted by molar-refractivity contribution is 0.121. The SMILES string of the molecule is COC(=O)Oc1cc(OC)ccc1Cc1ccc(OC)cc1O. The van der Waals surface area contributed by atoms with Gasteiger partial charge in [0, 0.05) is 18.6 Å². The molecule has 2 rings (SSSR count). The number of benzene rings is 2. The van der Waals surface area contributed by atoms with Gasteiger partial charge in [-0.1, -0.05) is 12.1 Å². The minimum absolute atomic E-state index is 0.101. The zero-order valence-electron chi connectivity index (χ0n) is 13.2. The molecule has 0 aliphatic carbocycles. The second kappa shape index (κ2) is 7.40. The van der Waals surface area contributed by atoms with E-state index in [-0.39, 0.29) is 5.75 Å². The normalized spacial score (nSPS) is 10.0. The average Bonchev–Trinajstić information content (AvgIpc) is 2.57.